The molecule has 1 unspecified atom stereocenters. The minimum absolute atomic E-state index is 0.0614. The summed E-state index contributed by atoms with van der Waals surface area (Å²) in [5.74, 6) is -1.85. The Kier molecular flexibility index (Phi) is 6.80. The lowest BCUT2D eigenvalue weighted by atomic mass is 10.1. The van der Waals surface area contributed by atoms with Crippen LogP contribution in [0.1, 0.15) is 12.0 Å². The second-order valence-corrected chi connectivity index (χ2v) is 11.3. The van der Waals surface area contributed by atoms with Gasteiger partial charge in [-0.2, -0.15) is 4.31 Å². The number of aromatic amines is 1. The zero-order valence-electron chi connectivity index (χ0n) is 19.2. The van der Waals surface area contributed by atoms with Crippen LogP contribution in [0.15, 0.2) is 77.8 Å². The monoisotopic (exact) mass is 559 g/mol. The molecule has 1 aliphatic rings. The molecule has 0 aliphatic carbocycles. The first-order valence-electron chi connectivity index (χ1n) is 11.3. The van der Waals surface area contributed by atoms with E-state index >= 15 is 0 Å². The number of carbonyl (C=O) groups excluding carboxylic acids is 2. The molecule has 0 radical (unpaired) electrons. The molecule has 3 aromatic carbocycles. The Bertz CT molecular complexity index is 1620. The largest absolute Gasteiger partial charge is 0.361 e. The normalized spacial score (nSPS) is 16.3. The summed E-state index contributed by atoms with van der Waals surface area (Å²) in [5.41, 5.74) is 1.90. The fourth-order valence-corrected chi connectivity index (χ4v) is 6.84. The molecular formula is C26H20Cl2FN3O4S. The predicted octanol–water partition coefficient (Wildman–Crippen LogP) is 5.18. The lowest BCUT2D eigenvalue weighted by Crippen LogP contribution is -2.46. The van der Waals surface area contributed by atoms with Crippen molar-refractivity contribution in [1.82, 2.24) is 9.29 Å². The van der Waals surface area contributed by atoms with Crippen LogP contribution < -0.4 is 4.90 Å². The summed E-state index contributed by atoms with van der Waals surface area (Å²) in [5, 5.41) is 1.01. The molecule has 1 aliphatic heterocycles. The molecule has 1 aromatic heterocycles. The average Bonchev–Trinajstić information content (AvgIpc) is 3.41. The zero-order valence-corrected chi connectivity index (χ0v) is 21.5. The van der Waals surface area contributed by atoms with Gasteiger partial charge in [0.25, 0.3) is 5.91 Å². The van der Waals surface area contributed by atoms with E-state index in [0.29, 0.717) is 0 Å². The van der Waals surface area contributed by atoms with Crippen LogP contribution in [0.25, 0.3) is 10.9 Å². The van der Waals surface area contributed by atoms with E-state index in [1.165, 1.54) is 30.3 Å². The number of hydrogen-bond acceptors (Lipinski definition) is 4. The molecule has 37 heavy (non-hydrogen) atoms. The molecule has 1 fully saturated rings. The first-order chi connectivity index (χ1) is 17.7. The van der Waals surface area contributed by atoms with Crippen LogP contribution in [0.5, 0.6) is 0 Å². The number of H-pyrrole nitrogens is 1. The highest BCUT2D eigenvalue weighted by Crippen LogP contribution is 2.33. The summed E-state index contributed by atoms with van der Waals surface area (Å²) in [6.45, 7) is -0.103. The van der Waals surface area contributed by atoms with Crippen molar-refractivity contribution in [2.45, 2.75) is 23.8 Å². The van der Waals surface area contributed by atoms with Gasteiger partial charge in [-0.15, -0.1) is 0 Å². The Hall–Kier alpha value is -3.24. The fourth-order valence-electron chi connectivity index (χ4n) is 4.52. The molecule has 1 atom stereocenters. The molecule has 0 spiro atoms. The van der Waals surface area contributed by atoms with E-state index in [1.807, 2.05) is 24.3 Å². The molecule has 5 rings (SSSR count). The summed E-state index contributed by atoms with van der Waals surface area (Å²) in [6.07, 6.45) is 1.67. The van der Waals surface area contributed by atoms with Gasteiger partial charge in [0.2, 0.25) is 15.9 Å². The van der Waals surface area contributed by atoms with Crippen LogP contribution >= 0.6 is 23.2 Å². The summed E-state index contributed by atoms with van der Waals surface area (Å²) < 4.78 is 42.2. The van der Waals surface area contributed by atoms with E-state index < -0.39 is 33.7 Å². The quantitative estimate of drug-likeness (QED) is 0.316. The standard InChI is InChI=1S/C26H20Cl2FN3O4S/c27-17-5-10-21(28)24(13-17)37(35,36)31(12-11-16-15-30-22-4-2-1-3-20(16)22)23-14-25(33)32(26(23)34)19-8-6-18(29)7-9-19/h1-10,13,15,23,30H,11-12,14H2. The maximum atomic E-state index is 13.9. The highest BCUT2D eigenvalue weighted by Gasteiger charge is 2.47. The number of fused-ring (bicyclic) bond motifs is 1. The van der Waals surface area contributed by atoms with Crippen LogP contribution in [0, 0.1) is 5.82 Å². The number of sulfonamides is 1. The number of para-hydroxylation sites is 1. The van der Waals surface area contributed by atoms with Crippen molar-refractivity contribution in [3.05, 3.63) is 94.4 Å². The molecule has 0 saturated carbocycles. The van der Waals surface area contributed by atoms with Crippen LogP contribution in [0.2, 0.25) is 10.0 Å². The second-order valence-electron chi connectivity index (χ2n) is 8.56. The highest BCUT2D eigenvalue weighted by molar-refractivity contribution is 7.89. The van der Waals surface area contributed by atoms with Crippen molar-refractivity contribution in [1.29, 1.82) is 0 Å². The van der Waals surface area contributed by atoms with E-state index in [1.54, 1.807) is 6.20 Å². The first kappa shape index (κ1) is 25.4. The lowest BCUT2D eigenvalue weighted by molar-refractivity contribution is -0.122. The van der Waals surface area contributed by atoms with Gasteiger partial charge in [-0.3, -0.25) is 9.59 Å². The molecule has 2 amide bonds. The van der Waals surface area contributed by atoms with E-state index in [2.05, 4.69) is 4.98 Å². The summed E-state index contributed by atoms with van der Waals surface area (Å²) >= 11 is 12.3. The Morgan fingerprint density at radius 1 is 1.03 bits per heavy atom. The molecular weight excluding hydrogens is 540 g/mol. The molecule has 0 bridgehead atoms. The van der Waals surface area contributed by atoms with Gasteiger partial charge < -0.3 is 4.98 Å². The van der Waals surface area contributed by atoms with Crippen LogP contribution in [-0.2, 0) is 26.0 Å². The number of carbonyl (C=O) groups is 2. The molecule has 2 heterocycles. The highest BCUT2D eigenvalue weighted by atomic mass is 35.5. The number of aromatic nitrogens is 1. The van der Waals surface area contributed by atoms with Gasteiger partial charge in [0.1, 0.15) is 16.8 Å². The van der Waals surface area contributed by atoms with Crippen molar-refractivity contribution in [2.24, 2.45) is 0 Å². The Balaban J connectivity index is 1.54. The summed E-state index contributed by atoms with van der Waals surface area (Å²) in [4.78, 5) is 30.2. The minimum Gasteiger partial charge on any atom is -0.361 e. The third kappa shape index (κ3) is 4.75. The molecule has 1 saturated heterocycles. The molecule has 1 N–H and O–H groups in total. The van der Waals surface area contributed by atoms with Crippen LogP contribution in [0.4, 0.5) is 10.1 Å². The number of amides is 2. The smallest absolute Gasteiger partial charge is 0.252 e. The van der Waals surface area contributed by atoms with E-state index in [9.17, 15) is 22.4 Å². The number of rotatable bonds is 7. The number of nitrogens with one attached hydrogen (secondary N) is 1. The number of anilines is 1. The maximum absolute atomic E-state index is 13.9. The number of nitrogens with zero attached hydrogens (tertiary/aromatic N) is 2. The number of halogens is 3. The van der Waals surface area contributed by atoms with Gasteiger partial charge in [-0.05, 0) is 60.5 Å². The minimum atomic E-state index is -4.37. The fraction of sp³-hybridized carbons (Fsp3) is 0.154. The van der Waals surface area contributed by atoms with E-state index in [-0.39, 0.29) is 40.0 Å². The number of benzene rings is 3. The van der Waals surface area contributed by atoms with Gasteiger partial charge >= 0.3 is 0 Å². The van der Waals surface area contributed by atoms with Gasteiger partial charge in [0.15, 0.2) is 0 Å². The van der Waals surface area contributed by atoms with Gasteiger partial charge in [0.05, 0.1) is 17.1 Å². The second kappa shape index (κ2) is 9.90. The molecule has 4 aromatic rings. The zero-order chi connectivity index (χ0) is 26.3. The van der Waals surface area contributed by atoms with Crippen molar-refractivity contribution in [2.75, 3.05) is 11.4 Å². The van der Waals surface area contributed by atoms with Crippen molar-refractivity contribution < 1.29 is 22.4 Å². The molecule has 11 heteroatoms. The summed E-state index contributed by atoms with van der Waals surface area (Å²) in [7, 11) is -4.37. The van der Waals surface area contributed by atoms with Gasteiger partial charge in [-0.25, -0.2) is 17.7 Å². The average molecular weight is 560 g/mol. The molecule has 7 nitrogen and oxygen atoms in total. The third-order valence-corrected chi connectivity index (χ3v) is 8.94. The third-order valence-electron chi connectivity index (χ3n) is 6.31. The van der Waals surface area contributed by atoms with Gasteiger partial charge in [-0.1, -0.05) is 41.4 Å². The van der Waals surface area contributed by atoms with Crippen LogP contribution in [0.3, 0.4) is 0 Å². The Labute approximate surface area is 222 Å². The Morgan fingerprint density at radius 2 is 1.76 bits per heavy atom. The van der Waals surface area contributed by atoms with Crippen molar-refractivity contribution >= 4 is 61.6 Å². The van der Waals surface area contributed by atoms with Gasteiger partial charge in [0, 0.05) is 28.7 Å². The van der Waals surface area contributed by atoms with Crippen molar-refractivity contribution in [3.63, 3.8) is 0 Å². The SMILES string of the molecule is O=C1CC(N(CCc2c[nH]c3ccccc23)S(=O)(=O)c2cc(Cl)ccc2Cl)C(=O)N1c1ccc(F)cc1. The number of imide groups is 1. The maximum Gasteiger partial charge on any atom is 0.252 e. The van der Waals surface area contributed by atoms with E-state index in [4.69, 9.17) is 23.2 Å². The van der Waals surface area contributed by atoms with Crippen molar-refractivity contribution in [3.8, 4) is 0 Å². The number of hydrogen-bond donors (Lipinski definition) is 1. The topological polar surface area (TPSA) is 90.5 Å². The predicted molar refractivity (Wildman–Crippen MR) is 140 cm³/mol. The molecule has 190 valence electrons. The lowest BCUT2D eigenvalue weighted by Gasteiger charge is -2.27. The Morgan fingerprint density at radius 3 is 2.51 bits per heavy atom. The summed E-state index contributed by atoms with van der Waals surface area (Å²) in [6, 6.07) is 15.1. The van der Waals surface area contributed by atoms with Crippen LogP contribution in [-0.4, -0.2) is 42.1 Å². The van der Waals surface area contributed by atoms with E-state index in [0.717, 1.165) is 37.8 Å². The first-order valence-corrected chi connectivity index (χ1v) is 13.5.